The fraction of sp³-hybridized carbons (Fsp3) is 0.842. The van der Waals surface area contributed by atoms with Crippen molar-refractivity contribution in [1.29, 1.82) is 0 Å². The van der Waals surface area contributed by atoms with Gasteiger partial charge in [0, 0.05) is 6.42 Å². The van der Waals surface area contributed by atoms with E-state index in [0.717, 1.165) is 57.8 Å². The average Bonchev–Trinajstić information content (AvgIpc) is 2.59. The van der Waals surface area contributed by atoms with Crippen LogP contribution in [0.25, 0.3) is 0 Å². The zero-order valence-corrected chi connectivity index (χ0v) is 15.3. The molecule has 0 bridgehead atoms. The third kappa shape index (κ3) is 12.5. The molecule has 3 atom stereocenters. The van der Waals surface area contributed by atoms with Gasteiger partial charge >= 0.3 is 5.97 Å². The third-order valence-electron chi connectivity index (χ3n) is 4.16. The van der Waals surface area contributed by atoms with E-state index < -0.39 is 18.3 Å². The molecule has 3 unspecified atom stereocenters. The SMILES string of the molecule is CCCCC/C=C\C(O)C(O)C(O)CCCCCCCC(=O)OC. The monoisotopic (exact) mass is 344 g/mol. The maximum absolute atomic E-state index is 10.9. The molecule has 0 aliphatic heterocycles. The van der Waals surface area contributed by atoms with Crippen LogP contribution >= 0.6 is 0 Å². The molecule has 142 valence electrons. The first-order valence-electron chi connectivity index (χ1n) is 9.30. The molecule has 0 amide bonds. The second-order valence-electron chi connectivity index (χ2n) is 6.36. The zero-order valence-electron chi connectivity index (χ0n) is 15.3. The van der Waals surface area contributed by atoms with Gasteiger partial charge in [-0.25, -0.2) is 0 Å². The Labute approximate surface area is 146 Å². The number of esters is 1. The van der Waals surface area contributed by atoms with E-state index in [1.807, 2.05) is 6.08 Å². The van der Waals surface area contributed by atoms with Gasteiger partial charge in [-0.2, -0.15) is 0 Å². The van der Waals surface area contributed by atoms with Gasteiger partial charge in [0.15, 0.2) is 0 Å². The lowest BCUT2D eigenvalue weighted by atomic mass is 10.0. The molecule has 0 saturated heterocycles. The first kappa shape index (κ1) is 23.1. The van der Waals surface area contributed by atoms with Crippen LogP contribution in [0, 0.1) is 0 Å². The predicted molar refractivity (Wildman–Crippen MR) is 95.6 cm³/mol. The summed E-state index contributed by atoms with van der Waals surface area (Å²) in [7, 11) is 1.39. The van der Waals surface area contributed by atoms with Crippen molar-refractivity contribution in [3.63, 3.8) is 0 Å². The molecule has 0 heterocycles. The van der Waals surface area contributed by atoms with E-state index in [9.17, 15) is 20.1 Å². The van der Waals surface area contributed by atoms with Gasteiger partial charge in [-0.3, -0.25) is 4.79 Å². The Bertz CT molecular complexity index is 330. The summed E-state index contributed by atoms with van der Waals surface area (Å²) in [4.78, 5) is 10.9. The van der Waals surface area contributed by atoms with Gasteiger partial charge in [-0.1, -0.05) is 57.6 Å². The predicted octanol–water partition coefficient (Wildman–Crippen LogP) is 3.11. The molecule has 0 aromatic rings. The molecule has 0 spiro atoms. The Balaban J connectivity index is 3.70. The quantitative estimate of drug-likeness (QED) is 0.241. The number of unbranched alkanes of at least 4 members (excludes halogenated alkanes) is 7. The second kappa shape index (κ2) is 15.6. The molecule has 3 N–H and O–H groups in total. The van der Waals surface area contributed by atoms with Crippen molar-refractivity contribution in [3.8, 4) is 0 Å². The Morgan fingerprint density at radius 2 is 1.67 bits per heavy atom. The minimum atomic E-state index is -1.13. The summed E-state index contributed by atoms with van der Waals surface area (Å²) in [5.74, 6) is -0.176. The molecular weight excluding hydrogens is 308 g/mol. The summed E-state index contributed by atoms with van der Waals surface area (Å²) in [6, 6.07) is 0. The van der Waals surface area contributed by atoms with Gasteiger partial charge in [0.2, 0.25) is 0 Å². The molecule has 0 aliphatic rings. The molecule has 0 rings (SSSR count). The van der Waals surface area contributed by atoms with Crippen LogP contribution in [-0.4, -0.2) is 46.7 Å². The number of carbonyl (C=O) groups excluding carboxylic acids is 1. The van der Waals surface area contributed by atoms with Crippen molar-refractivity contribution >= 4 is 5.97 Å². The summed E-state index contributed by atoms with van der Waals surface area (Å²) < 4.78 is 4.58. The molecule has 5 nitrogen and oxygen atoms in total. The van der Waals surface area contributed by atoms with Gasteiger partial charge in [-0.15, -0.1) is 0 Å². The van der Waals surface area contributed by atoms with E-state index >= 15 is 0 Å². The average molecular weight is 344 g/mol. The summed E-state index contributed by atoms with van der Waals surface area (Å²) in [6.07, 6.45) is 10.1. The summed E-state index contributed by atoms with van der Waals surface area (Å²) in [5, 5.41) is 29.7. The standard InChI is InChI=1S/C19H36O5/c1-3-4-5-7-10-13-16(20)19(23)17(21)14-11-8-6-9-12-15-18(22)24-2/h10,13,16-17,19-21,23H,3-9,11-12,14-15H2,1-2H3/b13-10-. The smallest absolute Gasteiger partial charge is 0.305 e. The van der Waals surface area contributed by atoms with Gasteiger partial charge in [0.1, 0.15) is 12.2 Å². The first-order valence-corrected chi connectivity index (χ1v) is 9.30. The highest BCUT2D eigenvalue weighted by molar-refractivity contribution is 5.68. The zero-order chi connectivity index (χ0) is 18.2. The fourth-order valence-corrected chi connectivity index (χ4v) is 2.52. The van der Waals surface area contributed by atoms with Gasteiger partial charge < -0.3 is 20.1 Å². The van der Waals surface area contributed by atoms with Crippen molar-refractivity contribution in [3.05, 3.63) is 12.2 Å². The van der Waals surface area contributed by atoms with Gasteiger partial charge in [0.05, 0.1) is 13.2 Å². The van der Waals surface area contributed by atoms with E-state index in [4.69, 9.17) is 0 Å². The highest BCUT2D eigenvalue weighted by atomic mass is 16.5. The molecule has 0 fully saturated rings. The van der Waals surface area contributed by atoms with Crippen molar-refractivity contribution in [2.24, 2.45) is 0 Å². The molecular formula is C19H36O5. The second-order valence-corrected chi connectivity index (χ2v) is 6.36. The molecule has 0 aliphatic carbocycles. The maximum Gasteiger partial charge on any atom is 0.305 e. The molecule has 5 heteroatoms. The van der Waals surface area contributed by atoms with Crippen molar-refractivity contribution in [1.82, 2.24) is 0 Å². The lowest BCUT2D eigenvalue weighted by Crippen LogP contribution is -2.36. The Kier molecular flexibility index (Phi) is 15.0. The largest absolute Gasteiger partial charge is 0.469 e. The molecule has 24 heavy (non-hydrogen) atoms. The van der Waals surface area contributed by atoms with E-state index in [1.54, 1.807) is 6.08 Å². The van der Waals surface area contributed by atoms with Crippen LogP contribution < -0.4 is 0 Å². The highest BCUT2D eigenvalue weighted by Gasteiger charge is 2.21. The van der Waals surface area contributed by atoms with Gasteiger partial charge in [0.25, 0.3) is 0 Å². The number of methoxy groups -OCH3 is 1. The topological polar surface area (TPSA) is 87.0 Å². The van der Waals surface area contributed by atoms with E-state index in [2.05, 4.69) is 11.7 Å². The molecule has 0 aromatic heterocycles. The van der Waals surface area contributed by atoms with Crippen molar-refractivity contribution < 1.29 is 24.9 Å². The fourth-order valence-electron chi connectivity index (χ4n) is 2.52. The Morgan fingerprint density at radius 1 is 1.00 bits per heavy atom. The van der Waals surface area contributed by atoms with Gasteiger partial charge in [-0.05, 0) is 25.7 Å². The summed E-state index contributed by atoms with van der Waals surface area (Å²) in [5.41, 5.74) is 0. The number of allylic oxidation sites excluding steroid dienone is 1. The lowest BCUT2D eigenvalue weighted by molar-refractivity contribution is -0.140. The normalized spacial score (nSPS) is 15.4. The Morgan fingerprint density at radius 3 is 2.33 bits per heavy atom. The van der Waals surface area contributed by atoms with Crippen molar-refractivity contribution in [2.75, 3.05) is 7.11 Å². The number of ether oxygens (including phenoxy) is 1. The van der Waals surface area contributed by atoms with Crippen LogP contribution in [0.5, 0.6) is 0 Å². The lowest BCUT2D eigenvalue weighted by Gasteiger charge is -2.20. The number of hydrogen-bond donors (Lipinski definition) is 3. The van der Waals surface area contributed by atoms with Crippen molar-refractivity contribution in [2.45, 2.75) is 95.9 Å². The van der Waals surface area contributed by atoms with E-state index in [1.165, 1.54) is 7.11 Å². The van der Waals surface area contributed by atoms with E-state index in [0.29, 0.717) is 12.8 Å². The molecule has 0 aromatic carbocycles. The number of rotatable bonds is 15. The minimum absolute atomic E-state index is 0.176. The number of carbonyl (C=O) groups is 1. The summed E-state index contributed by atoms with van der Waals surface area (Å²) in [6.45, 7) is 2.14. The number of hydrogen-bond acceptors (Lipinski definition) is 5. The van der Waals surface area contributed by atoms with Crippen LogP contribution in [0.4, 0.5) is 0 Å². The highest BCUT2D eigenvalue weighted by Crippen LogP contribution is 2.13. The van der Waals surface area contributed by atoms with Crippen LogP contribution in [0.1, 0.15) is 77.6 Å². The van der Waals surface area contributed by atoms with Crippen LogP contribution in [0.15, 0.2) is 12.2 Å². The minimum Gasteiger partial charge on any atom is -0.469 e. The Hall–Kier alpha value is -0.910. The van der Waals surface area contributed by atoms with Crippen LogP contribution in [-0.2, 0) is 9.53 Å². The van der Waals surface area contributed by atoms with Crippen LogP contribution in [0.2, 0.25) is 0 Å². The molecule has 0 saturated carbocycles. The number of aliphatic hydroxyl groups excluding tert-OH is 3. The van der Waals surface area contributed by atoms with E-state index in [-0.39, 0.29) is 5.97 Å². The maximum atomic E-state index is 10.9. The summed E-state index contributed by atoms with van der Waals surface area (Å²) >= 11 is 0. The van der Waals surface area contributed by atoms with Crippen LogP contribution in [0.3, 0.4) is 0 Å². The third-order valence-corrected chi connectivity index (χ3v) is 4.16. The number of aliphatic hydroxyl groups is 3. The first-order chi connectivity index (χ1) is 11.5. The molecule has 0 radical (unpaired) electrons.